The second kappa shape index (κ2) is 6.87. The third-order valence-corrected chi connectivity index (χ3v) is 7.03. The van der Waals surface area contributed by atoms with Gasteiger partial charge in [0, 0.05) is 0 Å². The number of Topliss-reactive ketones (excluding diaryl/α,β-unsaturated/α-hetero) is 2. The Hall–Kier alpha value is -3.25. The van der Waals surface area contributed by atoms with Crippen LogP contribution >= 0.6 is 0 Å². The lowest BCUT2D eigenvalue weighted by atomic mass is 9.53. The number of ketones is 2. The molecule has 3 aliphatic carbocycles. The number of carbonyl (C=O) groups excluding carboxylic acids is 3. The summed E-state index contributed by atoms with van der Waals surface area (Å²) in [7, 11) is 2.80. The molecule has 0 radical (unpaired) electrons. The van der Waals surface area contributed by atoms with E-state index in [1.54, 1.807) is 0 Å². The largest absolute Gasteiger partial charge is 0.508 e. The molecule has 1 aromatic rings. The smallest absolute Gasteiger partial charge is 0.255 e. The number of nitrogens with zero attached hydrogens (tertiary/aromatic N) is 1. The average Bonchev–Trinajstić information content (AvgIpc) is 2.70. The fraction of sp³-hybridized carbons (Fsp3) is 0.409. The first-order valence-electron chi connectivity index (χ1n) is 10.1. The Balaban J connectivity index is 2.11. The monoisotopic (exact) mass is 460 g/mol. The lowest BCUT2D eigenvalue weighted by Crippen LogP contribution is -2.71. The normalized spacial score (nSPS) is 36.0. The van der Waals surface area contributed by atoms with Crippen LogP contribution in [0.1, 0.15) is 18.1 Å². The van der Waals surface area contributed by atoms with Crippen LogP contribution < -0.4 is 5.73 Å². The van der Waals surface area contributed by atoms with E-state index in [4.69, 9.17) is 5.73 Å². The summed E-state index contributed by atoms with van der Waals surface area (Å²) in [5.74, 6) is -9.67. The number of aliphatic hydroxyl groups is 5. The Morgan fingerprint density at radius 1 is 1.12 bits per heavy atom. The number of carbonyl (C=O) groups is 3. The Labute approximate surface area is 187 Å². The lowest BCUT2D eigenvalue weighted by Gasteiger charge is -2.55. The maximum Gasteiger partial charge on any atom is 0.255 e. The first kappa shape index (κ1) is 22.9. The minimum Gasteiger partial charge on any atom is -0.508 e. The summed E-state index contributed by atoms with van der Waals surface area (Å²) in [5.41, 5.74) is -1.78. The van der Waals surface area contributed by atoms with Gasteiger partial charge in [0.15, 0.2) is 11.4 Å². The molecule has 1 amide bonds. The summed E-state index contributed by atoms with van der Waals surface area (Å²) in [4.78, 5) is 39.9. The molecule has 11 nitrogen and oxygen atoms in total. The summed E-state index contributed by atoms with van der Waals surface area (Å²) in [6, 6.07) is 2.50. The Morgan fingerprint density at radius 3 is 2.27 bits per heavy atom. The van der Waals surface area contributed by atoms with Gasteiger partial charge in [0.2, 0.25) is 5.78 Å². The molecule has 0 heterocycles. The maximum atomic E-state index is 13.7. The van der Waals surface area contributed by atoms with E-state index in [9.17, 15) is 45.0 Å². The van der Waals surface area contributed by atoms with E-state index >= 15 is 0 Å². The van der Waals surface area contributed by atoms with Crippen LogP contribution in [-0.4, -0.2) is 84.9 Å². The van der Waals surface area contributed by atoms with Crippen LogP contribution in [-0.2, 0) is 20.0 Å². The molecule has 176 valence electrons. The number of aliphatic hydroxyl groups excluding tert-OH is 3. The van der Waals surface area contributed by atoms with Crippen molar-refractivity contribution in [3.05, 3.63) is 46.2 Å². The molecular weight excluding hydrogens is 436 g/mol. The number of amides is 1. The number of hydrogen-bond acceptors (Lipinski definition) is 10. The van der Waals surface area contributed by atoms with E-state index < -0.39 is 81.1 Å². The van der Waals surface area contributed by atoms with Crippen LogP contribution in [0.3, 0.4) is 0 Å². The zero-order valence-corrected chi connectivity index (χ0v) is 18.0. The molecule has 0 aromatic heterocycles. The van der Waals surface area contributed by atoms with Crippen molar-refractivity contribution in [1.82, 2.24) is 4.90 Å². The topological polar surface area (TPSA) is 202 Å². The minimum atomic E-state index is -3.02. The molecule has 0 aliphatic heterocycles. The van der Waals surface area contributed by atoms with Crippen LogP contribution in [0.4, 0.5) is 0 Å². The summed E-state index contributed by atoms with van der Waals surface area (Å²) in [6.45, 7) is 1.25. The third-order valence-electron chi connectivity index (χ3n) is 7.03. The second-order valence-electron chi connectivity index (χ2n) is 9.06. The van der Waals surface area contributed by atoms with Crippen LogP contribution in [0.2, 0.25) is 0 Å². The number of primary amides is 1. The number of rotatable bonds is 2. The number of aromatic hydroxyl groups is 1. The maximum absolute atomic E-state index is 13.7. The number of fused-ring (bicyclic) bond motifs is 3. The number of hydrogen-bond donors (Lipinski definition) is 7. The Kier molecular flexibility index (Phi) is 4.78. The highest BCUT2D eigenvalue weighted by Gasteiger charge is 2.70. The average molecular weight is 460 g/mol. The van der Waals surface area contributed by atoms with Crippen LogP contribution in [0.5, 0.6) is 5.75 Å². The van der Waals surface area contributed by atoms with Gasteiger partial charge in [-0.2, -0.15) is 0 Å². The molecule has 1 fully saturated rings. The van der Waals surface area contributed by atoms with Crippen molar-refractivity contribution < 1.29 is 45.0 Å². The molecular formula is C22H24N2O9. The molecule has 33 heavy (non-hydrogen) atoms. The van der Waals surface area contributed by atoms with Gasteiger partial charge in [0.1, 0.15) is 22.8 Å². The molecule has 11 heteroatoms. The van der Waals surface area contributed by atoms with Gasteiger partial charge in [-0.1, -0.05) is 12.1 Å². The van der Waals surface area contributed by atoms with Gasteiger partial charge in [0.05, 0.1) is 40.7 Å². The van der Waals surface area contributed by atoms with E-state index in [2.05, 4.69) is 0 Å². The molecule has 0 saturated heterocycles. The van der Waals surface area contributed by atoms with Crippen molar-refractivity contribution in [3.63, 3.8) is 0 Å². The van der Waals surface area contributed by atoms with Gasteiger partial charge in [0.25, 0.3) is 5.91 Å². The lowest BCUT2D eigenvalue weighted by molar-refractivity contribution is -0.181. The summed E-state index contributed by atoms with van der Waals surface area (Å²) in [5, 5.41) is 66.3. The molecule has 1 saturated carbocycles. The Bertz CT molecular complexity index is 1180. The summed E-state index contributed by atoms with van der Waals surface area (Å²) in [6.07, 6.45) is -1.87. The highest BCUT2D eigenvalue weighted by Crippen LogP contribution is 2.57. The van der Waals surface area contributed by atoms with E-state index in [0.717, 1.165) is 0 Å². The van der Waals surface area contributed by atoms with Crippen molar-refractivity contribution in [2.45, 2.75) is 30.3 Å². The molecule has 8 N–H and O–H groups in total. The van der Waals surface area contributed by atoms with Gasteiger partial charge in [-0.25, -0.2) is 0 Å². The molecule has 0 bridgehead atoms. The zero-order valence-electron chi connectivity index (χ0n) is 18.0. The standard InChI is InChI=1S/C22H24N2O9/c1-21(32)7-5-4-6-8(25)9(7)15(26)10-12(21)17(28)13-14(24(2)3)16(27)11(20(23)31)19(30)22(13,33)18(10)29/h4-6,12-14,17,25-26,28,30,32-33H,1-3H3,(H2,23,31)/t12-,13-,14-,17-,21-,22-/m0/s1. The van der Waals surface area contributed by atoms with Crippen molar-refractivity contribution in [2.75, 3.05) is 14.1 Å². The van der Waals surface area contributed by atoms with Gasteiger partial charge >= 0.3 is 0 Å². The second-order valence-corrected chi connectivity index (χ2v) is 9.06. The fourth-order valence-corrected chi connectivity index (χ4v) is 5.60. The zero-order chi connectivity index (χ0) is 24.8. The highest BCUT2D eigenvalue weighted by molar-refractivity contribution is 6.24. The Morgan fingerprint density at radius 2 is 1.73 bits per heavy atom. The highest BCUT2D eigenvalue weighted by atomic mass is 16.4. The van der Waals surface area contributed by atoms with Gasteiger partial charge in [-0.05, 0) is 32.6 Å². The number of phenols is 1. The van der Waals surface area contributed by atoms with E-state index in [0.29, 0.717) is 0 Å². The van der Waals surface area contributed by atoms with E-state index in [1.807, 2.05) is 0 Å². The quantitative estimate of drug-likeness (QED) is 0.257. The number of likely N-dealkylation sites (N-methyl/N-ethyl adjacent to an activating group) is 1. The molecule has 6 atom stereocenters. The predicted octanol–water partition coefficient (Wildman–Crippen LogP) is -1.40. The first-order chi connectivity index (χ1) is 15.2. The first-order valence-corrected chi connectivity index (χ1v) is 10.1. The molecule has 1 aromatic carbocycles. The molecule has 4 rings (SSSR count). The van der Waals surface area contributed by atoms with Crippen molar-refractivity contribution in [2.24, 2.45) is 17.6 Å². The predicted molar refractivity (Wildman–Crippen MR) is 112 cm³/mol. The summed E-state index contributed by atoms with van der Waals surface area (Å²) >= 11 is 0. The number of benzene rings is 1. The SMILES string of the molecule is CN(C)[C@@H]1C(=O)C(C(N)=O)=C(O)[C@@]2(O)C(=O)C3=C(O)c4c(O)cccc4[C@](C)(O)[C@@H]3[C@H](O)[C@H]12. The van der Waals surface area contributed by atoms with Gasteiger partial charge < -0.3 is 36.4 Å². The van der Waals surface area contributed by atoms with Crippen molar-refractivity contribution in [1.29, 1.82) is 0 Å². The van der Waals surface area contributed by atoms with E-state index in [1.165, 1.54) is 44.1 Å². The molecule has 3 aliphatic rings. The van der Waals surface area contributed by atoms with Crippen molar-refractivity contribution in [3.8, 4) is 5.75 Å². The van der Waals surface area contributed by atoms with Crippen LogP contribution in [0.15, 0.2) is 35.1 Å². The van der Waals surface area contributed by atoms with Gasteiger partial charge in [-0.3, -0.25) is 19.3 Å². The third kappa shape index (κ3) is 2.61. The molecule has 0 unspecified atom stereocenters. The minimum absolute atomic E-state index is 0.00664. The van der Waals surface area contributed by atoms with E-state index in [-0.39, 0.29) is 11.1 Å². The molecule has 0 spiro atoms. The van der Waals surface area contributed by atoms with Crippen LogP contribution in [0.25, 0.3) is 5.76 Å². The number of phenolic OH excluding ortho intramolecular Hbond substituents is 1. The number of nitrogens with two attached hydrogens (primary N) is 1. The van der Waals surface area contributed by atoms with Crippen LogP contribution in [0, 0.1) is 11.8 Å². The fourth-order valence-electron chi connectivity index (χ4n) is 5.60. The van der Waals surface area contributed by atoms with Gasteiger partial charge in [-0.15, -0.1) is 0 Å². The summed E-state index contributed by atoms with van der Waals surface area (Å²) < 4.78 is 0. The van der Waals surface area contributed by atoms with Crippen molar-refractivity contribution >= 4 is 23.2 Å².